The minimum absolute atomic E-state index is 0.314. The fraction of sp³-hybridized carbons (Fsp3) is 0.348. The summed E-state index contributed by atoms with van der Waals surface area (Å²) < 4.78 is 13.9. The number of fused-ring (bicyclic) bond motifs is 2. The summed E-state index contributed by atoms with van der Waals surface area (Å²) in [7, 11) is 3.65. The van der Waals surface area contributed by atoms with Crippen molar-refractivity contribution in [3.8, 4) is 17.0 Å². The summed E-state index contributed by atoms with van der Waals surface area (Å²) in [5.74, 6) is 1.41. The Morgan fingerprint density at radius 3 is 3.03 bits per heavy atom. The molecule has 0 saturated heterocycles. The predicted octanol–water partition coefficient (Wildman–Crippen LogP) is 4.05. The van der Waals surface area contributed by atoms with E-state index < -0.39 is 0 Å². The van der Waals surface area contributed by atoms with Crippen molar-refractivity contribution in [1.29, 1.82) is 0 Å². The molecule has 8 nitrogen and oxygen atoms in total. The maximum Gasteiger partial charge on any atom is 0.329 e. The van der Waals surface area contributed by atoms with Crippen LogP contribution in [0.15, 0.2) is 40.1 Å². The van der Waals surface area contributed by atoms with Crippen molar-refractivity contribution in [2.24, 2.45) is 0 Å². The number of benzene rings is 1. The highest BCUT2D eigenvalue weighted by molar-refractivity contribution is 7.97. The summed E-state index contributed by atoms with van der Waals surface area (Å²) in [6.45, 7) is 1.70. The number of hydrogen-bond donors (Lipinski definition) is 2. The predicted molar refractivity (Wildman–Crippen MR) is 123 cm³/mol. The van der Waals surface area contributed by atoms with Crippen LogP contribution >= 0.6 is 11.9 Å². The third-order valence-electron chi connectivity index (χ3n) is 5.91. The van der Waals surface area contributed by atoms with Crippen molar-refractivity contribution in [2.75, 3.05) is 26.0 Å². The van der Waals surface area contributed by atoms with Gasteiger partial charge in [0, 0.05) is 42.7 Å². The van der Waals surface area contributed by atoms with Gasteiger partial charge >= 0.3 is 6.03 Å². The van der Waals surface area contributed by atoms with Crippen LogP contribution in [-0.2, 0) is 25.8 Å². The SMILES string of the molecule is COc1cc(-c2ccc3c(c2NC(=O)NSc2nc4c(o2)CN(C)CC4)CCC3)ccn1. The molecule has 9 heteroatoms. The smallest absolute Gasteiger partial charge is 0.329 e. The Hall–Kier alpha value is -3.04. The molecule has 3 aromatic rings. The van der Waals surface area contributed by atoms with Crippen LogP contribution < -0.4 is 14.8 Å². The second kappa shape index (κ2) is 8.84. The van der Waals surface area contributed by atoms with E-state index in [1.54, 1.807) is 13.3 Å². The molecule has 3 heterocycles. The maximum atomic E-state index is 12.8. The van der Waals surface area contributed by atoms with Gasteiger partial charge in [-0.15, -0.1) is 0 Å². The van der Waals surface area contributed by atoms with E-state index in [2.05, 4.69) is 44.1 Å². The lowest BCUT2D eigenvalue weighted by Gasteiger charge is -2.19. The molecule has 0 fully saturated rings. The zero-order chi connectivity index (χ0) is 22.1. The van der Waals surface area contributed by atoms with Gasteiger partial charge < -0.3 is 14.5 Å². The topological polar surface area (TPSA) is 92.5 Å². The van der Waals surface area contributed by atoms with Crippen LogP contribution in [0, 0.1) is 0 Å². The molecule has 166 valence electrons. The molecule has 2 aromatic heterocycles. The number of oxazole rings is 1. The van der Waals surface area contributed by atoms with Gasteiger partial charge in [-0.3, -0.25) is 9.62 Å². The third kappa shape index (κ3) is 4.18. The lowest BCUT2D eigenvalue weighted by atomic mass is 9.98. The first-order valence-corrected chi connectivity index (χ1v) is 11.5. The van der Waals surface area contributed by atoms with Crippen molar-refractivity contribution in [3.05, 3.63) is 53.0 Å². The minimum Gasteiger partial charge on any atom is -0.481 e. The van der Waals surface area contributed by atoms with E-state index in [9.17, 15) is 4.79 Å². The monoisotopic (exact) mass is 451 g/mol. The Bertz CT molecular complexity index is 1160. The standard InChI is InChI=1S/C23H25N5O3S/c1-28-11-9-18-19(13-28)31-23(25-18)32-27-22(29)26-21-16-5-3-4-14(16)6-7-17(21)15-8-10-24-20(12-15)30-2/h6-8,10,12H,3-5,9,11,13H2,1-2H3,(H2,26,27,29). The van der Waals surface area contributed by atoms with Crippen molar-refractivity contribution >= 4 is 23.7 Å². The van der Waals surface area contributed by atoms with Gasteiger partial charge in [0.2, 0.25) is 5.88 Å². The molecule has 0 unspecified atom stereocenters. The highest BCUT2D eigenvalue weighted by Gasteiger charge is 2.23. The number of hydrogen-bond acceptors (Lipinski definition) is 7. The number of pyridine rings is 1. The molecular weight excluding hydrogens is 426 g/mol. The summed E-state index contributed by atoms with van der Waals surface area (Å²) in [5, 5.41) is 3.53. The molecule has 1 aromatic carbocycles. The van der Waals surface area contributed by atoms with E-state index in [1.165, 1.54) is 11.1 Å². The van der Waals surface area contributed by atoms with E-state index in [0.717, 1.165) is 79.0 Å². The first-order chi connectivity index (χ1) is 15.6. The number of carbonyl (C=O) groups is 1. The quantitative estimate of drug-likeness (QED) is 0.565. The zero-order valence-corrected chi connectivity index (χ0v) is 18.9. The van der Waals surface area contributed by atoms with Crippen molar-refractivity contribution in [1.82, 2.24) is 19.6 Å². The van der Waals surface area contributed by atoms with Crippen LogP contribution in [-0.4, -0.2) is 41.6 Å². The minimum atomic E-state index is -0.314. The number of aromatic nitrogens is 2. The van der Waals surface area contributed by atoms with Gasteiger partial charge in [-0.05, 0) is 49.1 Å². The number of amides is 2. The maximum absolute atomic E-state index is 12.8. The van der Waals surface area contributed by atoms with E-state index in [0.29, 0.717) is 11.1 Å². The van der Waals surface area contributed by atoms with Gasteiger partial charge in [0.25, 0.3) is 5.22 Å². The summed E-state index contributed by atoms with van der Waals surface area (Å²) in [6, 6.07) is 7.69. The molecule has 0 spiro atoms. The van der Waals surface area contributed by atoms with E-state index in [-0.39, 0.29) is 6.03 Å². The summed E-state index contributed by atoms with van der Waals surface area (Å²) in [6.07, 6.45) is 5.62. The number of nitrogens with one attached hydrogen (secondary N) is 2. The lowest BCUT2D eigenvalue weighted by Crippen LogP contribution is -2.25. The Kier molecular flexibility index (Phi) is 5.75. The summed E-state index contributed by atoms with van der Waals surface area (Å²) >= 11 is 1.10. The van der Waals surface area contributed by atoms with Gasteiger partial charge in [-0.1, -0.05) is 12.1 Å². The summed E-state index contributed by atoms with van der Waals surface area (Å²) in [5.41, 5.74) is 6.16. The number of ether oxygens (including phenoxy) is 1. The molecule has 1 aliphatic heterocycles. The van der Waals surface area contributed by atoms with Crippen molar-refractivity contribution in [3.63, 3.8) is 0 Å². The number of methoxy groups -OCH3 is 1. The van der Waals surface area contributed by atoms with Gasteiger partial charge in [-0.25, -0.2) is 14.8 Å². The van der Waals surface area contributed by atoms with Crippen molar-refractivity contribution in [2.45, 2.75) is 37.5 Å². The molecule has 5 rings (SSSR count). The van der Waals surface area contributed by atoms with Gasteiger partial charge in [-0.2, -0.15) is 0 Å². The van der Waals surface area contributed by atoms with Gasteiger partial charge in [0.1, 0.15) is 5.76 Å². The number of anilines is 1. The van der Waals surface area contributed by atoms with Crippen LogP contribution in [0.1, 0.15) is 29.0 Å². The average molecular weight is 452 g/mol. The lowest BCUT2D eigenvalue weighted by molar-refractivity contribution is 0.256. The first-order valence-electron chi connectivity index (χ1n) is 10.7. The van der Waals surface area contributed by atoms with Crippen LogP contribution in [0.5, 0.6) is 5.88 Å². The Morgan fingerprint density at radius 2 is 2.16 bits per heavy atom. The molecule has 0 bridgehead atoms. The van der Waals surface area contributed by atoms with Crippen LogP contribution in [0.4, 0.5) is 10.5 Å². The van der Waals surface area contributed by atoms with Gasteiger partial charge in [0.15, 0.2) is 0 Å². The summed E-state index contributed by atoms with van der Waals surface area (Å²) in [4.78, 5) is 23.7. The molecule has 2 amide bonds. The average Bonchev–Trinajstić information content (AvgIpc) is 3.44. The van der Waals surface area contributed by atoms with Crippen molar-refractivity contribution < 1.29 is 13.9 Å². The number of aryl methyl sites for hydroxylation is 1. The Labute approximate surface area is 190 Å². The highest BCUT2D eigenvalue weighted by atomic mass is 32.2. The fourth-order valence-corrected chi connectivity index (χ4v) is 4.84. The van der Waals surface area contributed by atoms with E-state index >= 15 is 0 Å². The Morgan fingerprint density at radius 1 is 1.25 bits per heavy atom. The Balaban J connectivity index is 1.35. The molecule has 2 aliphatic rings. The largest absolute Gasteiger partial charge is 0.481 e. The number of rotatable bonds is 5. The molecule has 0 atom stereocenters. The fourth-order valence-electron chi connectivity index (χ4n) is 4.31. The highest BCUT2D eigenvalue weighted by Crippen LogP contribution is 2.38. The van der Waals surface area contributed by atoms with Gasteiger partial charge in [0.05, 0.1) is 25.0 Å². The second-order valence-electron chi connectivity index (χ2n) is 8.06. The number of urea groups is 1. The molecule has 1 aliphatic carbocycles. The number of likely N-dealkylation sites (N-methyl/N-ethyl adjacent to an activating group) is 1. The van der Waals surface area contributed by atoms with Crippen LogP contribution in [0.2, 0.25) is 0 Å². The van der Waals surface area contributed by atoms with Crippen LogP contribution in [0.25, 0.3) is 11.1 Å². The molecule has 2 N–H and O–H groups in total. The first kappa shape index (κ1) is 20.8. The molecule has 0 radical (unpaired) electrons. The normalized spacial score (nSPS) is 15.2. The molecule has 0 saturated carbocycles. The van der Waals surface area contributed by atoms with Crippen LogP contribution in [0.3, 0.4) is 0 Å². The van der Waals surface area contributed by atoms with E-state index in [4.69, 9.17) is 9.15 Å². The number of carbonyl (C=O) groups excluding carboxylic acids is 1. The van der Waals surface area contributed by atoms with E-state index in [1.807, 2.05) is 12.1 Å². The molecular formula is C23H25N5O3S. The second-order valence-corrected chi connectivity index (χ2v) is 8.82. The number of nitrogens with zero attached hydrogens (tertiary/aromatic N) is 3. The third-order valence-corrected chi connectivity index (χ3v) is 6.55. The zero-order valence-electron chi connectivity index (χ0n) is 18.1. The molecule has 32 heavy (non-hydrogen) atoms.